The van der Waals surface area contributed by atoms with Gasteiger partial charge in [0.2, 0.25) is 5.91 Å². The number of hydrogen-bond acceptors (Lipinski definition) is 7. The van der Waals surface area contributed by atoms with Crippen LogP contribution in [0.3, 0.4) is 0 Å². The zero-order chi connectivity index (χ0) is 32.6. The van der Waals surface area contributed by atoms with Gasteiger partial charge in [0.25, 0.3) is 0 Å². The largest absolute Gasteiger partial charge is 0.428 e. The van der Waals surface area contributed by atoms with Crippen molar-refractivity contribution in [3.05, 3.63) is 95.1 Å². The third-order valence-corrected chi connectivity index (χ3v) is 8.63. The second kappa shape index (κ2) is 15.5. The maximum absolute atomic E-state index is 15.0. The highest BCUT2D eigenvalue weighted by molar-refractivity contribution is 5.92. The van der Waals surface area contributed by atoms with Gasteiger partial charge in [0.15, 0.2) is 6.23 Å². The molecule has 2 aromatic carbocycles. The topological polar surface area (TPSA) is 102 Å². The second-order valence-electron chi connectivity index (χ2n) is 11.7. The molecular weight excluding hydrogens is 601 g/mol. The van der Waals surface area contributed by atoms with Crippen LogP contribution >= 0.6 is 0 Å². The molecule has 2 aliphatic rings. The molecule has 2 aliphatic heterocycles. The van der Waals surface area contributed by atoms with Gasteiger partial charge in [-0.2, -0.15) is 0 Å². The molecule has 0 radical (unpaired) electrons. The summed E-state index contributed by atoms with van der Waals surface area (Å²) >= 11 is 0. The predicted molar refractivity (Wildman–Crippen MR) is 165 cm³/mol. The predicted octanol–water partition coefficient (Wildman–Crippen LogP) is 5.54. The van der Waals surface area contributed by atoms with Gasteiger partial charge in [-0.15, -0.1) is 0 Å². The normalized spacial score (nSPS) is 20.3. The molecule has 2 amide bonds. The Hall–Kier alpha value is -4.00. The molecule has 4 atom stereocenters. The van der Waals surface area contributed by atoms with Crippen molar-refractivity contribution in [1.29, 1.82) is 0 Å². The minimum absolute atomic E-state index is 0.00761. The van der Waals surface area contributed by atoms with Gasteiger partial charge in [-0.25, -0.2) is 18.0 Å². The monoisotopic (exact) mass is 640 g/mol. The molecule has 1 aromatic heterocycles. The standard InChI is InChI=1S/C34H39F3N4O5/c1-21(31-4-3-15-44-31)41(2)34(43)46-33-20-45-26(17-39-33)13-14-27-29(37)18-38-19-30(27)40-32(42)16-28(22-5-9-24(35)10-6-22)23-7-11-25(36)12-8-23/h5-12,18-19,21,26,28,31,33,39H,3-4,13-17,20H2,1-2H3,(H,40,42)/t21?,26-,31?,33+/m1/s1. The fourth-order valence-electron chi connectivity index (χ4n) is 5.80. The third kappa shape index (κ3) is 8.62. The first-order valence-corrected chi connectivity index (χ1v) is 15.5. The summed E-state index contributed by atoms with van der Waals surface area (Å²) < 4.78 is 59.4. The van der Waals surface area contributed by atoms with Crippen LogP contribution in [0.2, 0.25) is 0 Å². The van der Waals surface area contributed by atoms with Gasteiger partial charge in [-0.05, 0) is 68.0 Å². The number of carbonyl (C=O) groups is 2. The number of morpholine rings is 1. The van der Waals surface area contributed by atoms with Gasteiger partial charge >= 0.3 is 6.09 Å². The summed E-state index contributed by atoms with van der Waals surface area (Å²) in [5.41, 5.74) is 1.87. The lowest BCUT2D eigenvalue weighted by Crippen LogP contribution is -2.51. The van der Waals surface area contributed by atoms with Crippen LogP contribution in [-0.4, -0.2) is 73.2 Å². The Kier molecular flexibility index (Phi) is 11.3. The van der Waals surface area contributed by atoms with E-state index in [1.165, 1.54) is 35.4 Å². The molecule has 2 saturated heterocycles. The van der Waals surface area contributed by atoms with Crippen molar-refractivity contribution in [2.45, 2.75) is 69.4 Å². The Morgan fingerprint density at radius 2 is 1.72 bits per heavy atom. The average molecular weight is 641 g/mol. The SMILES string of the molecule is CC(C1CCCO1)N(C)C(=O)O[C@H]1CO[C@H](CCc2c(F)cncc2NC(=O)CC(c2ccc(F)cc2)c2ccc(F)cc2)CN1. The van der Waals surface area contributed by atoms with E-state index in [0.29, 0.717) is 30.7 Å². The summed E-state index contributed by atoms with van der Waals surface area (Å²) in [5, 5.41) is 5.96. The van der Waals surface area contributed by atoms with Crippen LogP contribution in [-0.2, 0) is 25.4 Å². The minimum Gasteiger partial charge on any atom is -0.428 e. The Morgan fingerprint density at radius 1 is 1.04 bits per heavy atom. The summed E-state index contributed by atoms with van der Waals surface area (Å²) in [6, 6.07) is 11.4. The molecular formula is C34H39F3N4O5. The molecule has 0 spiro atoms. The van der Waals surface area contributed by atoms with Gasteiger partial charge in [-0.1, -0.05) is 24.3 Å². The smallest absolute Gasteiger partial charge is 0.411 e. The van der Waals surface area contributed by atoms with Gasteiger partial charge in [0.05, 0.1) is 42.9 Å². The number of amides is 2. The fourth-order valence-corrected chi connectivity index (χ4v) is 5.80. The van der Waals surface area contributed by atoms with Crippen molar-refractivity contribution in [2.24, 2.45) is 0 Å². The van der Waals surface area contributed by atoms with Crippen LogP contribution < -0.4 is 10.6 Å². The highest BCUT2D eigenvalue weighted by Crippen LogP contribution is 2.30. The Bertz CT molecular complexity index is 1420. The van der Waals surface area contributed by atoms with E-state index in [-0.39, 0.29) is 48.9 Å². The number of rotatable bonds is 11. The molecule has 3 aromatic rings. The number of benzene rings is 2. The number of nitrogens with zero attached hydrogens (tertiary/aromatic N) is 2. The number of aromatic nitrogens is 1. The molecule has 46 heavy (non-hydrogen) atoms. The lowest BCUT2D eigenvalue weighted by Gasteiger charge is -2.33. The van der Waals surface area contributed by atoms with Crippen LogP contribution in [0.5, 0.6) is 0 Å². The lowest BCUT2D eigenvalue weighted by molar-refractivity contribution is -0.116. The highest BCUT2D eigenvalue weighted by atomic mass is 19.1. The molecule has 0 saturated carbocycles. The summed E-state index contributed by atoms with van der Waals surface area (Å²) in [6.45, 7) is 3.15. The first-order valence-electron chi connectivity index (χ1n) is 15.5. The van der Waals surface area contributed by atoms with E-state index in [4.69, 9.17) is 14.2 Å². The zero-order valence-electron chi connectivity index (χ0n) is 25.9. The van der Waals surface area contributed by atoms with Gasteiger partial charge in [0, 0.05) is 38.1 Å². The van der Waals surface area contributed by atoms with Crippen molar-refractivity contribution in [3.63, 3.8) is 0 Å². The van der Waals surface area contributed by atoms with Crippen molar-refractivity contribution < 1.29 is 37.0 Å². The number of anilines is 1. The van der Waals surface area contributed by atoms with Gasteiger partial charge < -0.3 is 24.4 Å². The molecule has 0 aliphatic carbocycles. The van der Waals surface area contributed by atoms with E-state index >= 15 is 0 Å². The number of ether oxygens (including phenoxy) is 3. The number of likely N-dealkylation sites (N-methyl/N-ethyl adjacent to an activating group) is 1. The molecule has 2 unspecified atom stereocenters. The molecule has 2 fully saturated rings. The summed E-state index contributed by atoms with van der Waals surface area (Å²) in [5.74, 6) is -2.30. The molecule has 246 valence electrons. The van der Waals surface area contributed by atoms with Crippen LogP contribution in [0, 0.1) is 17.5 Å². The fraction of sp³-hybridized carbons (Fsp3) is 0.441. The summed E-state index contributed by atoms with van der Waals surface area (Å²) in [6.07, 6.45) is 3.62. The van der Waals surface area contributed by atoms with Crippen molar-refractivity contribution in [2.75, 3.05) is 32.1 Å². The molecule has 12 heteroatoms. The maximum atomic E-state index is 15.0. The number of hydrogen-bond donors (Lipinski definition) is 2. The van der Waals surface area contributed by atoms with Gasteiger partial charge in [-0.3, -0.25) is 15.1 Å². The first-order chi connectivity index (χ1) is 22.2. The zero-order valence-corrected chi connectivity index (χ0v) is 25.9. The first kappa shape index (κ1) is 33.4. The number of pyridine rings is 1. The highest BCUT2D eigenvalue weighted by Gasteiger charge is 2.31. The summed E-state index contributed by atoms with van der Waals surface area (Å²) in [4.78, 5) is 31.4. The van der Waals surface area contributed by atoms with Crippen molar-refractivity contribution >= 4 is 17.7 Å². The van der Waals surface area contributed by atoms with Crippen LogP contribution in [0.1, 0.15) is 55.2 Å². The molecule has 3 heterocycles. The van der Waals surface area contributed by atoms with Crippen LogP contribution in [0.15, 0.2) is 60.9 Å². The van der Waals surface area contributed by atoms with E-state index in [9.17, 15) is 22.8 Å². The van der Waals surface area contributed by atoms with E-state index in [0.717, 1.165) is 19.0 Å². The molecule has 2 N–H and O–H groups in total. The van der Waals surface area contributed by atoms with Crippen LogP contribution in [0.4, 0.5) is 23.7 Å². The van der Waals surface area contributed by atoms with Crippen molar-refractivity contribution in [3.8, 4) is 0 Å². The van der Waals surface area contributed by atoms with E-state index in [1.807, 2.05) is 6.92 Å². The van der Waals surface area contributed by atoms with E-state index in [2.05, 4.69) is 15.6 Å². The van der Waals surface area contributed by atoms with E-state index < -0.39 is 41.6 Å². The Balaban J connectivity index is 1.15. The van der Waals surface area contributed by atoms with Crippen molar-refractivity contribution in [1.82, 2.24) is 15.2 Å². The van der Waals surface area contributed by atoms with Crippen LogP contribution in [0.25, 0.3) is 0 Å². The van der Waals surface area contributed by atoms with Gasteiger partial charge in [0.1, 0.15) is 17.5 Å². The Morgan fingerprint density at radius 3 is 2.30 bits per heavy atom. The molecule has 9 nitrogen and oxygen atoms in total. The third-order valence-electron chi connectivity index (χ3n) is 8.63. The Labute approximate surface area is 266 Å². The average Bonchev–Trinajstić information content (AvgIpc) is 3.60. The minimum atomic E-state index is -0.620. The van der Waals surface area contributed by atoms with E-state index in [1.54, 1.807) is 31.3 Å². The quantitative estimate of drug-likeness (QED) is 0.284. The summed E-state index contributed by atoms with van der Waals surface area (Å²) in [7, 11) is 1.69. The lowest BCUT2D eigenvalue weighted by atomic mass is 9.88. The second-order valence-corrected chi connectivity index (χ2v) is 11.7. The number of halogens is 3. The number of nitrogens with one attached hydrogen (secondary N) is 2. The number of carbonyl (C=O) groups excluding carboxylic acids is 2. The maximum Gasteiger partial charge on any atom is 0.411 e. The molecule has 5 rings (SSSR count). The molecule has 0 bridgehead atoms.